The predicted molar refractivity (Wildman–Crippen MR) is 94.5 cm³/mol. The molecule has 2 heterocycles. The molecule has 24 heavy (non-hydrogen) atoms. The number of hydrogen-bond acceptors (Lipinski definition) is 6. The van der Waals surface area contributed by atoms with Crippen LogP contribution in [0.1, 0.15) is 12.6 Å². The van der Waals surface area contributed by atoms with Gasteiger partial charge in [-0.05, 0) is 43.3 Å². The fourth-order valence-electron chi connectivity index (χ4n) is 2.16. The summed E-state index contributed by atoms with van der Waals surface area (Å²) < 4.78 is 5.43. The molecule has 0 unspecified atom stereocenters. The Labute approximate surface area is 141 Å². The number of hydrogen-bond donors (Lipinski definition) is 2. The fraction of sp³-hybridized carbons (Fsp3) is 0.167. The van der Waals surface area contributed by atoms with Crippen LogP contribution < -0.4 is 15.4 Å². The van der Waals surface area contributed by atoms with E-state index < -0.39 is 0 Å². The number of anilines is 3. The van der Waals surface area contributed by atoms with Gasteiger partial charge in [0.25, 0.3) is 0 Å². The number of nitrogens with zero attached hydrogens (tertiary/aromatic N) is 3. The van der Waals surface area contributed by atoms with Gasteiger partial charge in [0.2, 0.25) is 0 Å². The van der Waals surface area contributed by atoms with Gasteiger partial charge < -0.3 is 15.4 Å². The lowest BCUT2D eigenvalue weighted by molar-refractivity contribution is 0.340. The minimum Gasteiger partial charge on any atom is -0.494 e. The summed E-state index contributed by atoms with van der Waals surface area (Å²) in [4.78, 5) is 12.7. The number of nitrogens with one attached hydrogen (secondary N) is 2. The first-order valence-corrected chi connectivity index (χ1v) is 7.79. The number of rotatable bonds is 7. The van der Waals surface area contributed by atoms with Crippen molar-refractivity contribution in [3.8, 4) is 5.75 Å². The molecule has 2 N–H and O–H groups in total. The maximum Gasteiger partial charge on any atom is 0.135 e. The van der Waals surface area contributed by atoms with Crippen LogP contribution in [0.15, 0.2) is 61.1 Å². The molecule has 2 aromatic heterocycles. The standard InChI is InChI=1S/C18H19N5O/c1-2-24-16-8-6-14(7-9-16)23-18-11-17(21-13-22-18)20-12-15-5-3-4-10-19-15/h3-11,13H,2,12H2,1H3,(H2,20,21,22,23). The maximum atomic E-state index is 5.43. The van der Waals surface area contributed by atoms with Crippen molar-refractivity contribution in [2.24, 2.45) is 0 Å². The quantitative estimate of drug-likeness (QED) is 0.692. The van der Waals surface area contributed by atoms with Crippen molar-refractivity contribution in [3.63, 3.8) is 0 Å². The highest BCUT2D eigenvalue weighted by atomic mass is 16.5. The van der Waals surface area contributed by atoms with Crippen LogP contribution >= 0.6 is 0 Å². The lowest BCUT2D eigenvalue weighted by Gasteiger charge is -2.09. The van der Waals surface area contributed by atoms with E-state index in [-0.39, 0.29) is 0 Å². The molecule has 0 radical (unpaired) electrons. The zero-order valence-electron chi connectivity index (χ0n) is 13.4. The van der Waals surface area contributed by atoms with Crippen LogP contribution in [0, 0.1) is 0 Å². The smallest absolute Gasteiger partial charge is 0.135 e. The van der Waals surface area contributed by atoms with Gasteiger partial charge in [-0.15, -0.1) is 0 Å². The van der Waals surface area contributed by atoms with E-state index in [4.69, 9.17) is 4.74 Å². The molecular weight excluding hydrogens is 302 g/mol. The third kappa shape index (κ3) is 4.42. The van der Waals surface area contributed by atoms with E-state index in [0.717, 1.165) is 28.8 Å². The summed E-state index contributed by atoms with van der Waals surface area (Å²) in [5, 5.41) is 6.49. The molecular formula is C18H19N5O. The van der Waals surface area contributed by atoms with Gasteiger partial charge in [0.05, 0.1) is 18.8 Å². The van der Waals surface area contributed by atoms with Crippen molar-refractivity contribution in [2.45, 2.75) is 13.5 Å². The molecule has 0 aliphatic carbocycles. The number of pyridine rings is 1. The van der Waals surface area contributed by atoms with Gasteiger partial charge in [0, 0.05) is 18.0 Å². The van der Waals surface area contributed by atoms with E-state index in [9.17, 15) is 0 Å². The Bertz CT molecular complexity index is 762. The second-order valence-corrected chi connectivity index (χ2v) is 5.05. The molecule has 0 spiro atoms. The second kappa shape index (κ2) is 7.92. The van der Waals surface area contributed by atoms with Gasteiger partial charge in [-0.25, -0.2) is 9.97 Å². The Morgan fingerprint density at radius 3 is 2.54 bits per heavy atom. The summed E-state index contributed by atoms with van der Waals surface area (Å²) in [6.07, 6.45) is 3.30. The van der Waals surface area contributed by atoms with Crippen molar-refractivity contribution in [2.75, 3.05) is 17.2 Å². The Kier molecular flexibility index (Phi) is 5.19. The van der Waals surface area contributed by atoms with E-state index in [1.54, 1.807) is 6.20 Å². The molecule has 0 saturated heterocycles. The van der Waals surface area contributed by atoms with Crippen LogP contribution in [-0.2, 0) is 6.54 Å². The summed E-state index contributed by atoms with van der Waals surface area (Å²) in [5.41, 5.74) is 1.89. The van der Waals surface area contributed by atoms with Crippen LogP contribution in [-0.4, -0.2) is 21.6 Å². The van der Waals surface area contributed by atoms with Gasteiger partial charge in [-0.2, -0.15) is 0 Å². The van der Waals surface area contributed by atoms with Crippen molar-refractivity contribution in [3.05, 3.63) is 66.7 Å². The third-order valence-corrected chi connectivity index (χ3v) is 3.28. The molecule has 1 aromatic carbocycles. The Balaban J connectivity index is 1.62. The van der Waals surface area contributed by atoms with Gasteiger partial charge in [0.1, 0.15) is 23.7 Å². The lowest BCUT2D eigenvalue weighted by atomic mass is 10.3. The summed E-state index contributed by atoms with van der Waals surface area (Å²) in [7, 11) is 0. The molecule has 0 amide bonds. The maximum absolute atomic E-state index is 5.43. The van der Waals surface area contributed by atoms with Gasteiger partial charge in [0.15, 0.2) is 0 Å². The SMILES string of the molecule is CCOc1ccc(Nc2cc(NCc3ccccn3)ncn2)cc1. The molecule has 0 bridgehead atoms. The van der Waals surface area contributed by atoms with E-state index >= 15 is 0 Å². The average Bonchev–Trinajstić information content (AvgIpc) is 2.63. The number of aromatic nitrogens is 3. The first-order valence-electron chi connectivity index (χ1n) is 7.79. The number of ether oxygens (including phenoxy) is 1. The van der Waals surface area contributed by atoms with Crippen LogP contribution in [0.4, 0.5) is 17.3 Å². The minimum atomic E-state index is 0.611. The molecule has 0 saturated carbocycles. The molecule has 6 nitrogen and oxygen atoms in total. The summed E-state index contributed by atoms with van der Waals surface area (Å²) >= 11 is 0. The molecule has 0 aliphatic rings. The highest BCUT2D eigenvalue weighted by molar-refractivity contribution is 5.59. The van der Waals surface area contributed by atoms with Gasteiger partial charge in [-0.3, -0.25) is 4.98 Å². The Morgan fingerprint density at radius 2 is 1.79 bits per heavy atom. The topological polar surface area (TPSA) is 72.0 Å². The Morgan fingerprint density at radius 1 is 0.958 bits per heavy atom. The van der Waals surface area contributed by atoms with Crippen LogP contribution in [0.5, 0.6) is 5.75 Å². The number of benzene rings is 1. The molecule has 0 aliphatic heterocycles. The summed E-state index contributed by atoms with van der Waals surface area (Å²) in [6, 6.07) is 15.4. The summed E-state index contributed by atoms with van der Waals surface area (Å²) in [5.74, 6) is 2.31. The first kappa shape index (κ1) is 15.7. The fourth-order valence-corrected chi connectivity index (χ4v) is 2.16. The van der Waals surface area contributed by atoms with Gasteiger partial charge in [-0.1, -0.05) is 6.07 Å². The van der Waals surface area contributed by atoms with Gasteiger partial charge >= 0.3 is 0 Å². The average molecular weight is 321 g/mol. The van der Waals surface area contributed by atoms with Crippen LogP contribution in [0.25, 0.3) is 0 Å². The molecule has 0 atom stereocenters. The Hall–Kier alpha value is -3.15. The van der Waals surface area contributed by atoms with E-state index in [0.29, 0.717) is 13.2 Å². The highest BCUT2D eigenvalue weighted by Crippen LogP contribution is 2.20. The molecule has 122 valence electrons. The van der Waals surface area contributed by atoms with Crippen molar-refractivity contribution < 1.29 is 4.74 Å². The van der Waals surface area contributed by atoms with Crippen molar-refractivity contribution >= 4 is 17.3 Å². The van der Waals surface area contributed by atoms with Crippen molar-refractivity contribution in [1.29, 1.82) is 0 Å². The molecule has 3 rings (SSSR count). The first-order chi connectivity index (χ1) is 11.8. The molecule has 0 fully saturated rings. The van der Waals surface area contributed by atoms with E-state index in [2.05, 4.69) is 25.6 Å². The zero-order chi connectivity index (χ0) is 16.6. The van der Waals surface area contributed by atoms with Crippen LogP contribution in [0.3, 0.4) is 0 Å². The summed E-state index contributed by atoms with van der Waals surface area (Å²) in [6.45, 7) is 3.23. The van der Waals surface area contributed by atoms with E-state index in [1.807, 2.05) is 55.5 Å². The predicted octanol–water partition coefficient (Wildman–Crippen LogP) is 3.63. The minimum absolute atomic E-state index is 0.611. The normalized spacial score (nSPS) is 10.2. The monoisotopic (exact) mass is 321 g/mol. The lowest BCUT2D eigenvalue weighted by Crippen LogP contribution is -2.04. The third-order valence-electron chi connectivity index (χ3n) is 3.28. The molecule has 6 heteroatoms. The molecule has 3 aromatic rings. The second-order valence-electron chi connectivity index (χ2n) is 5.05. The highest BCUT2D eigenvalue weighted by Gasteiger charge is 2.01. The van der Waals surface area contributed by atoms with Crippen molar-refractivity contribution in [1.82, 2.24) is 15.0 Å². The largest absolute Gasteiger partial charge is 0.494 e. The zero-order valence-corrected chi connectivity index (χ0v) is 13.4. The van der Waals surface area contributed by atoms with E-state index in [1.165, 1.54) is 6.33 Å². The van der Waals surface area contributed by atoms with Crippen LogP contribution in [0.2, 0.25) is 0 Å².